The van der Waals surface area contributed by atoms with Crippen LogP contribution in [0.3, 0.4) is 0 Å². The summed E-state index contributed by atoms with van der Waals surface area (Å²) >= 11 is 0. The molecule has 0 aromatic carbocycles. The summed E-state index contributed by atoms with van der Waals surface area (Å²) in [5.41, 5.74) is 0.414. The zero-order chi connectivity index (χ0) is 26.6. The number of aryl methyl sites for hydroxylation is 2. The Balaban J connectivity index is 1.66. The molecule has 2 rings (SSSR count). The molecule has 198 valence electrons. The average molecular weight is 505 g/mol. The van der Waals surface area contributed by atoms with E-state index in [-0.39, 0.29) is 23.0 Å². The van der Waals surface area contributed by atoms with Crippen molar-refractivity contribution in [1.29, 1.82) is 0 Å². The van der Waals surface area contributed by atoms with Crippen molar-refractivity contribution in [3.05, 3.63) is 44.2 Å². The molecule has 2 heterocycles. The lowest BCUT2D eigenvalue weighted by molar-refractivity contribution is -0.910. The van der Waals surface area contributed by atoms with Gasteiger partial charge in [-0.25, -0.2) is 19.6 Å². The molecular formula is C23H38N9O4+. The maximum atomic E-state index is 12.1. The number of H-pyrrole nitrogens is 2. The van der Waals surface area contributed by atoms with E-state index in [4.69, 9.17) is 0 Å². The van der Waals surface area contributed by atoms with E-state index in [2.05, 4.69) is 55.2 Å². The van der Waals surface area contributed by atoms with Gasteiger partial charge in [0.15, 0.2) is 0 Å². The van der Waals surface area contributed by atoms with E-state index < -0.39 is 12.1 Å². The summed E-state index contributed by atoms with van der Waals surface area (Å²) in [6.07, 6.45) is 3.57. The summed E-state index contributed by atoms with van der Waals surface area (Å²) in [6, 6.07) is 1.88. The van der Waals surface area contributed by atoms with Crippen molar-refractivity contribution in [2.24, 2.45) is 0 Å². The van der Waals surface area contributed by atoms with Crippen molar-refractivity contribution in [2.75, 3.05) is 50.4 Å². The highest BCUT2D eigenvalue weighted by atomic mass is 16.2. The molecule has 0 radical (unpaired) electrons. The molecule has 0 aliphatic heterocycles. The predicted molar refractivity (Wildman–Crippen MR) is 138 cm³/mol. The van der Waals surface area contributed by atoms with Gasteiger partial charge in [0, 0.05) is 43.0 Å². The normalized spacial score (nSPS) is 12.4. The summed E-state index contributed by atoms with van der Waals surface area (Å²) in [7, 11) is 2.20. The largest absolute Gasteiger partial charge is 0.338 e. The highest BCUT2D eigenvalue weighted by molar-refractivity contribution is 5.87. The number of rotatable bonds is 13. The quantitative estimate of drug-likeness (QED) is 0.178. The van der Waals surface area contributed by atoms with Gasteiger partial charge in [-0.2, -0.15) is 0 Å². The minimum absolute atomic E-state index is 0.120. The third-order valence-corrected chi connectivity index (χ3v) is 5.54. The standard InChI is InChI=1S/C23H37N9O4/c1-5-11-32(4,13-8-10-25-23(36)31-21-27-17(3)15-19(34)29-21)12-7-6-9-24-22(35)30-20-26-16(2)14-18(33)28-20/h14-15H,5-13H2,1-4H3,(H5-,24,25,26,27,28,29,30,31,33,34,35,36)/p+1. The second-order valence-corrected chi connectivity index (χ2v) is 9.08. The fourth-order valence-electron chi connectivity index (χ4n) is 3.94. The molecule has 13 heteroatoms. The Morgan fingerprint density at radius 1 is 0.806 bits per heavy atom. The van der Waals surface area contributed by atoms with Crippen LogP contribution in [-0.4, -0.2) is 76.3 Å². The zero-order valence-corrected chi connectivity index (χ0v) is 21.5. The number of unbranched alkanes of at least 4 members (excludes halogenated alkanes) is 1. The van der Waals surface area contributed by atoms with E-state index in [1.165, 1.54) is 12.1 Å². The Morgan fingerprint density at radius 3 is 1.75 bits per heavy atom. The van der Waals surface area contributed by atoms with Crippen molar-refractivity contribution >= 4 is 24.0 Å². The third-order valence-electron chi connectivity index (χ3n) is 5.54. The number of hydrogen-bond donors (Lipinski definition) is 6. The number of nitrogens with one attached hydrogen (secondary N) is 6. The second-order valence-electron chi connectivity index (χ2n) is 9.08. The van der Waals surface area contributed by atoms with E-state index in [0.29, 0.717) is 24.5 Å². The number of aromatic nitrogens is 4. The Morgan fingerprint density at radius 2 is 1.28 bits per heavy atom. The smallest absolute Gasteiger partial charge is 0.321 e. The molecule has 1 atom stereocenters. The second kappa shape index (κ2) is 14.0. The van der Waals surface area contributed by atoms with Crippen LogP contribution in [0.25, 0.3) is 0 Å². The lowest BCUT2D eigenvalue weighted by Gasteiger charge is -2.34. The molecule has 0 fully saturated rings. The molecule has 2 aromatic heterocycles. The molecular weight excluding hydrogens is 466 g/mol. The number of aromatic amines is 2. The number of quaternary nitrogens is 1. The maximum absolute atomic E-state index is 12.1. The first kappa shape index (κ1) is 28.5. The first-order chi connectivity index (χ1) is 17.1. The molecule has 1 unspecified atom stereocenters. The maximum Gasteiger partial charge on any atom is 0.321 e. The molecule has 36 heavy (non-hydrogen) atoms. The predicted octanol–water partition coefficient (Wildman–Crippen LogP) is 1.44. The van der Waals surface area contributed by atoms with Crippen LogP contribution in [0.15, 0.2) is 21.7 Å². The highest BCUT2D eigenvalue weighted by Crippen LogP contribution is 2.09. The Bertz CT molecular complexity index is 1130. The van der Waals surface area contributed by atoms with Crippen molar-refractivity contribution in [3.8, 4) is 0 Å². The van der Waals surface area contributed by atoms with Crippen LogP contribution in [-0.2, 0) is 0 Å². The SMILES string of the molecule is CCC[N+](C)(CCCCNC(=O)Nc1nc(C)cc(=O)[nH]1)CCCNC(=O)Nc1nc(C)cc(=O)[nH]1. The van der Waals surface area contributed by atoms with Crippen molar-refractivity contribution in [3.63, 3.8) is 0 Å². The number of carbonyl (C=O) groups is 2. The van der Waals surface area contributed by atoms with E-state index >= 15 is 0 Å². The first-order valence-electron chi connectivity index (χ1n) is 12.2. The van der Waals surface area contributed by atoms with Crippen molar-refractivity contribution < 1.29 is 14.1 Å². The fourth-order valence-corrected chi connectivity index (χ4v) is 3.94. The highest BCUT2D eigenvalue weighted by Gasteiger charge is 2.19. The van der Waals surface area contributed by atoms with Gasteiger partial charge in [-0.15, -0.1) is 0 Å². The first-order valence-corrected chi connectivity index (χ1v) is 12.2. The van der Waals surface area contributed by atoms with Crippen LogP contribution in [0.2, 0.25) is 0 Å². The van der Waals surface area contributed by atoms with Crippen LogP contribution in [0.5, 0.6) is 0 Å². The number of carbonyl (C=O) groups excluding carboxylic acids is 2. The van der Waals surface area contributed by atoms with E-state index in [1.54, 1.807) is 13.8 Å². The number of amides is 4. The summed E-state index contributed by atoms with van der Waals surface area (Å²) < 4.78 is 0.868. The number of hydrogen-bond acceptors (Lipinski definition) is 6. The summed E-state index contributed by atoms with van der Waals surface area (Å²) in [6.45, 7) is 9.37. The molecule has 0 bridgehead atoms. The Kier molecular flexibility index (Phi) is 11.1. The van der Waals surface area contributed by atoms with E-state index in [0.717, 1.165) is 49.8 Å². The zero-order valence-electron chi connectivity index (χ0n) is 21.5. The minimum Gasteiger partial charge on any atom is -0.338 e. The molecule has 0 saturated carbocycles. The summed E-state index contributed by atoms with van der Waals surface area (Å²) in [4.78, 5) is 60.1. The monoisotopic (exact) mass is 504 g/mol. The molecule has 0 spiro atoms. The Labute approximate surface area is 210 Å². The van der Waals surface area contributed by atoms with Gasteiger partial charge in [0.1, 0.15) is 0 Å². The summed E-state index contributed by atoms with van der Waals surface area (Å²) in [5, 5.41) is 10.7. The third kappa shape index (κ3) is 10.7. The molecule has 13 nitrogen and oxygen atoms in total. The molecule has 0 saturated heterocycles. The van der Waals surface area contributed by atoms with Crippen LogP contribution in [0.1, 0.15) is 44.0 Å². The fraction of sp³-hybridized carbons (Fsp3) is 0.565. The van der Waals surface area contributed by atoms with Crippen LogP contribution >= 0.6 is 0 Å². The van der Waals surface area contributed by atoms with Gasteiger partial charge in [0.2, 0.25) is 11.9 Å². The molecule has 4 amide bonds. The van der Waals surface area contributed by atoms with E-state index in [1.807, 2.05) is 0 Å². The molecule has 0 aliphatic rings. The minimum atomic E-state index is -0.414. The molecule has 6 N–H and O–H groups in total. The van der Waals surface area contributed by atoms with Crippen molar-refractivity contribution in [2.45, 2.75) is 46.5 Å². The van der Waals surface area contributed by atoms with Gasteiger partial charge in [0.05, 0.1) is 26.7 Å². The van der Waals surface area contributed by atoms with Gasteiger partial charge < -0.3 is 15.1 Å². The molecule has 2 aromatic rings. The molecule has 0 aliphatic carbocycles. The van der Waals surface area contributed by atoms with Gasteiger partial charge in [-0.1, -0.05) is 6.92 Å². The lowest BCUT2D eigenvalue weighted by Crippen LogP contribution is -2.47. The topological polar surface area (TPSA) is 174 Å². The van der Waals surface area contributed by atoms with Gasteiger partial charge in [-0.3, -0.25) is 30.2 Å². The van der Waals surface area contributed by atoms with Gasteiger partial charge in [-0.05, 0) is 33.1 Å². The van der Waals surface area contributed by atoms with Crippen molar-refractivity contribution in [1.82, 2.24) is 30.6 Å². The average Bonchev–Trinajstić information content (AvgIpc) is 2.75. The van der Waals surface area contributed by atoms with Gasteiger partial charge >= 0.3 is 12.1 Å². The lowest BCUT2D eigenvalue weighted by atomic mass is 10.2. The van der Waals surface area contributed by atoms with Gasteiger partial charge in [0.25, 0.3) is 11.1 Å². The summed E-state index contributed by atoms with van der Waals surface area (Å²) in [5.74, 6) is 0.241. The van der Waals surface area contributed by atoms with E-state index in [9.17, 15) is 19.2 Å². The Hall–Kier alpha value is -3.74. The number of anilines is 2. The number of urea groups is 2. The van der Waals surface area contributed by atoms with Crippen LogP contribution in [0.4, 0.5) is 21.5 Å². The number of nitrogens with zero attached hydrogens (tertiary/aromatic N) is 3. The van der Waals surface area contributed by atoms with Crippen LogP contribution < -0.4 is 32.4 Å². The van der Waals surface area contributed by atoms with Crippen LogP contribution in [0, 0.1) is 13.8 Å².